The van der Waals surface area contributed by atoms with Gasteiger partial charge in [-0.2, -0.15) is 0 Å². The molecule has 1 saturated carbocycles. The first-order valence-electron chi connectivity index (χ1n) is 7.75. The summed E-state index contributed by atoms with van der Waals surface area (Å²) in [6.07, 6.45) is 1.19. The lowest BCUT2D eigenvalue weighted by atomic mass is 10.00. The first-order chi connectivity index (χ1) is 10.0. The number of ether oxygens (including phenoxy) is 1. The van der Waals surface area contributed by atoms with Gasteiger partial charge in [-0.3, -0.25) is 4.79 Å². The molecule has 21 heavy (non-hydrogen) atoms. The minimum atomic E-state index is -0.484. The normalized spacial score (nSPS) is 29.3. The maximum absolute atomic E-state index is 12.5. The minimum Gasteiger partial charge on any atom is -0.481 e. The molecule has 0 radical (unpaired) electrons. The molecule has 1 aromatic rings. The fraction of sp³-hybridized carbons (Fsp3) is 0.588. The second kappa shape index (κ2) is 5.68. The van der Waals surface area contributed by atoms with Crippen molar-refractivity contribution in [2.75, 3.05) is 13.1 Å². The van der Waals surface area contributed by atoms with Crippen LogP contribution in [0.1, 0.15) is 25.3 Å². The third-order valence-electron chi connectivity index (χ3n) is 4.78. The van der Waals surface area contributed by atoms with Crippen LogP contribution in [0.25, 0.3) is 0 Å². The van der Waals surface area contributed by atoms with Crippen LogP contribution in [0.15, 0.2) is 24.3 Å². The van der Waals surface area contributed by atoms with Crippen LogP contribution in [0.2, 0.25) is 0 Å². The van der Waals surface area contributed by atoms with Gasteiger partial charge in [0.25, 0.3) is 5.91 Å². The first kappa shape index (κ1) is 14.4. The highest BCUT2D eigenvalue weighted by Crippen LogP contribution is 2.38. The number of aryl methyl sites for hydroxylation is 1. The van der Waals surface area contributed by atoms with Crippen molar-refractivity contribution >= 4 is 5.91 Å². The molecule has 1 amide bonds. The molecule has 114 valence electrons. The van der Waals surface area contributed by atoms with E-state index in [-0.39, 0.29) is 17.9 Å². The molecule has 1 aliphatic carbocycles. The van der Waals surface area contributed by atoms with Crippen LogP contribution < -0.4 is 4.74 Å². The van der Waals surface area contributed by atoms with Gasteiger partial charge in [-0.05, 0) is 50.3 Å². The van der Waals surface area contributed by atoms with Crippen molar-refractivity contribution in [3.05, 3.63) is 29.8 Å². The van der Waals surface area contributed by atoms with E-state index in [0.29, 0.717) is 12.5 Å². The van der Waals surface area contributed by atoms with E-state index in [1.807, 2.05) is 36.1 Å². The zero-order chi connectivity index (χ0) is 15.0. The molecule has 4 unspecified atom stereocenters. The second-order valence-electron chi connectivity index (χ2n) is 6.39. The summed E-state index contributed by atoms with van der Waals surface area (Å²) in [5.74, 6) is 1.49. The van der Waals surface area contributed by atoms with Gasteiger partial charge in [0.05, 0.1) is 6.10 Å². The number of rotatable bonds is 3. The van der Waals surface area contributed by atoms with Crippen LogP contribution >= 0.6 is 0 Å². The van der Waals surface area contributed by atoms with E-state index >= 15 is 0 Å². The molecule has 1 heterocycles. The summed E-state index contributed by atoms with van der Waals surface area (Å²) in [5, 5.41) is 9.93. The van der Waals surface area contributed by atoms with Gasteiger partial charge < -0.3 is 14.7 Å². The summed E-state index contributed by atoms with van der Waals surface area (Å²) in [6.45, 7) is 5.24. The molecular formula is C17H23NO3. The Morgan fingerprint density at radius 1 is 1.38 bits per heavy atom. The lowest BCUT2D eigenvalue weighted by molar-refractivity contribution is -0.137. The number of hydrogen-bond donors (Lipinski definition) is 1. The molecule has 3 rings (SSSR count). The Hall–Kier alpha value is -1.55. The summed E-state index contributed by atoms with van der Waals surface area (Å²) in [6, 6.07) is 7.74. The molecule has 1 aliphatic heterocycles. The van der Waals surface area contributed by atoms with E-state index in [1.165, 1.54) is 0 Å². The van der Waals surface area contributed by atoms with E-state index in [1.54, 1.807) is 6.92 Å². The lowest BCUT2D eigenvalue weighted by Gasteiger charge is -2.23. The lowest BCUT2D eigenvalue weighted by Crippen LogP contribution is -2.40. The zero-order valence-corrected chi connectivity index (χ0v) is 12.7. The van der Waals surface area contributed by atoms with E-state index < -0.39 is 6.10 Å². The largest absolute Gasteiger partial charge is 0.481 e. The number of benzene rings is 1. The molecule has 0 aromatic heterocycles. The van der Waals surface area contributed by atoms with Crippen LogP contribution in [0, 0.1) is 18.8 Å². The Morgan fingerprint density at radius 3 is 2.90 bits per heavy atom. The van der Waals surface area contributed by atoms with Gasteiger partial charge in [0.2, 0.25) is 0 Å². The third-order valence-corrected chi connectivity index (χ3v) is 4.78. The number of amides is 1. The van der Waals surface area contributed by atoms with Crippen molar-refractivity contribution < 1.29 is 14.6 Å². The monoisotopic (exact) mass is 289 g/mol. The number of carbonyl (C=O) groups is 1. The molecule has 4 nitrogen and oxygen atoms in total. The molecule has 4 heteroatoms. The maximum atomic E-state index is 12.5. The highest BCUT2D eigenvalue weighted by Gasteiger charge is 2.44. The highest BCUT2D eigenvalue weighted by molar-refractivity contribution is 5.81. The second-order valence-corrected chi connectivity index (χ2v) is 6.39. The van der Waals surface area contributed by atoms with Crippen molar-refractivity contribution in [3.8, 4) is 5.75 Å². The number of carbonyl (C=O) groups excluding carboxylic acids is 1. The maximum Gasteiger partial charge on any atom is 0.263 e. The van der Waals surface area contributed by atoms with E-state index in [0.717, 1.165) is 30.7 Å². The van der Waals surface area contributed by atoms with Crippen molar-refractivity contribution in [2.24, 2.45) is 11.8 Å². The van der Waals surface area contributed by atoms with E-state index in [2.05, 4.69) is 0 Å². The smallest absolute Gasteiger partial charge is 0.263 e. The van der Waals surface area contributed by atoms with Gasteiger partial charge in [0, 0.05) is 19.0 Å². The van der Waals surface area contributed by atoms with Gasteiger partial charge in [-0.1, -0.05) is 12.1 Å². The Morgan fingerprint density at radius 2 is 2.19 bits per heavy atom. The van der Waals surface area contributed by atoms with Crippen LogP contribution in [-0.4, -0.2) is 41.2 Å². The molecule has 0 spiro atoms. The molecule has 4 atom stereocenters. The van der Waals surface area contributed by atoms with Gasteiger partial charge >= 0.3 is 0 Å². The molecular weight excluding hydrogens is 266 g/mol. The number of nitrogens with zero attached hydrogens (tertiary/aromatic N) is 1. The van der Waals surface area contributed by atoms with Crippen molar-refractivity contribution in [1.82, 2.24) is 4.90 Å². The molecule has 2 aliphatic rings. The molecule has 1 aromatic carbocycles. The summed E-state index contributed by atoms with van der Waals surface area (Å²) >= 11 is 0. The van der Waals surface area contributed by atoms with Crippen molar-refractivity contribution in [2.45, 2.75) is 38.9 Å². The standard InChI is InChI=1S/C17H23NO3/c1-11-4-3-5-14(8-11)21-12(2)17(20)18-9-13-6-7-16(19)15(13)10-18/h3-5,8,12-13,15-16,19H,6-7,9-10H2,1-2H3. The van der Waals surface area contributed by atoms with E-state index in [4.69, 9.17) is 4.74 Å². The summed E-state index contributed by atoms with van der Waals surface area (Å²) in [5.41, 5.74) is 1.12. The summed E-state index contributed by atoms with van der Waals surface area (Å²) < 4.78 is 5.76. The quantitative estimate of drug-likeness (QED) is 0.926. The van der Waals surface area contributed by atoms with Crippen LogP contribution in [-0.2, 0) is 4.79 Å². The van der Waals surface area contributed by atoms with Crippen LogP contribution in [0.3, 0.4) is 0 Å². The topological polar surface area (TPSA) is 49.8 Å². The predicted molar refractivity (Wildman–Crippen MR) is 80.1 cm³/mol. The van der Waals surface area contributed by atoms with Gasteiger partial charge in [0.1, 0.15) is 5.75 Å². The van der Waals surface area contributed by atoms with Crippen LogP contribution in [0.4, 0.5) is 0 Å². The first-order valence-corrected chi connectivity index (χ1v) is 7.75. The Kier molecular flexibility index (Phi) is 3.89. The fourth-order valence-corrected chi connectivity index (χ4v) is 3.62. The number of aliphatic hydroxyl groups is 1. The molecule has 2 fully saturated rings. The number of likely N-dealkylation sites (tertiary alicyclic amines) is 1. The number of hydrogen-bond acceptors (Lipinski definition) is 3. The van der Waals surface area contributed by atoms with Gasteiger partial charge in [0.15, 0.2) is 6.10 Å². The Balaban J connectivity index is 1.60. The molecule has 1 N–H and O–H groups in total. The van der Waals surface area contributed by atoms with Crippen LogP contribution in [0.5, 0.6) is 5.75 Å². The molecule has 1 saturated heterocycles. The Bertz CT molecular complexity index is 531. The highest BCUT2D eigenvalue weighted by atomic mass is 16.5. The number of fused-ring (bicyclic) bond motifs is 1. The predicted octanol–water partition coefficient (Wildman–Crippen LogP) is 1.99. The summed E-state index contributed by atoms with van der Waals surface area (Å²) in [4.78, 5) is 14.4. The number of aliphatic hydroxyl groups excluding tert-OH is 1. The van der Waals surface area contributed by atoms with Crippen molar-refractivity contribution in [3.63, 3.8) is 0 Å². The van der Waals surface area contributed by atoms with Crippen molar-refractivity contribution in [1.29, 1.82) is 0 Å². The summed E-state index contributed by atoms with van der Waals surface area (Å²) in [7, 11) is 0. The van der Waals surface area contributed by atoms with Gasteiger partial charge in [-0.25, -0.2) is 0 Å². The SMILES string of the molecule is Cc1cccc(OC(C)C(=O)N2CC3CCC(O)C3C2)c1. The average Bonchev–Trinajstić information content (AvgIpc) is 3.00. The third kappa shape index (κ3) is 2.91. The fourth-order valence-electron chi connectivity index (χ4n) is 3.62. The Labute approximate surface area is 125 Å². The van der Waals surface area contributed by atoms with Gasteiger partial charge in [-0.15, -0.1) is 0 Å². The minimum absolute atomic E-state index is 0.0260. The molecule has 0 bridgehead atoms. The zero-order valence-electron chi connectivity index (χ0n) is 12.7. The average molecular weight is 289 g/mol. The van der Waals surface area contributed by atoms with E-state index in [9.17, 15) is 9.90 Å².